The fourth-order valence-electron chi connectivity index (χ4n) is 0.756. The van der Waals surface area contributed by atoms with Gasteiger partial charge in [-0.2, -0.15) is 0 Å². The molecule has 0 aliphatic carbocycles. The first-order chi connectivity index (χ1) is 5.95. The van der Waals surface area contributed by atoms with Crippen LogP contribution in [0.25, 0.3) is 0 Å². The molecule has 0 aromatic heterocycles. The van der Waals surface area contributed by atoms with Crippen LogP contribution in [0.15, 0.2) is 0 Å². The summed E-state index contributed by atoms with van der Waals surface area (Å²) in [5, 5.41) is 0. The van der Waals surface area contributed by atoms with Crippen LogP contribution in [0.3, 0.4) is 0 Å². The number of methoxy groups -OCH3 is 1. The second kappa shape index (κ2) is 4.48. The van der Waals surface area contributed by atoms with Crippen molar-refractivity contribution in [3.05, 3.63) is 0 Å². The Bertz CT molecular complexity index is 172. The molecule has 4 nitrogen and oxygen atoms in total. The van der Waals surface area contributed by atoms with E-state index in [9.17, 15) is 9.59 Å². The zero-order valence-corrected chi connectivity index (χ0v) is 8.49. The van der Waals surface area contributed by atoms with Gasteiger partial charge >= 0.3 is 0 Å². The second-order valence-electron chi connectivity index (χ2n) is 3.22. The van der Waals surface area contributed by atoms with Crippen LogP contribution in [-0.4, -0.2) is 31.1 Å². The van der Waals surface area contributed by atoms with Crippen molar-refractivity contribution >= 4 is 12.6 Å². The van der Waals surface area contributed by atoms with Gasteiger partial charge in [0.05, 0.1) is 0 Å². The van der Waals surface area contributed by atoms with Crippen molar-refractivity contribution in [1.82, 2.24) is 0 Å². The number of carbonyl (C=O) groups is 2. The topological polar surface area (TPSA) is 52.6 Å². The highest BCUT2D eigenvalue weighted by atomic mass is 16.7. The van der Waals surface area contributed by atoms with Gasteiger partial charge in [-0.05, 0) is 20.3 Å². The number of carbonyl (C=O) groups excluding carboxylic acids is 2. The molecule has 0 heterocycles. The number of hydrogen-bond donors (Lipinski definition) is 0. The van der Waals surface area contributed by atoms with Crippen LogP contribution in [0, 0.1) is 0 Å². The maximum atomic E-state index is 10.7. The molecule has 0 aliphatic heterocycles. The molecule has 0 saturated heterocycles. The summed E-state index contributed by atoms with van der Waals surface area (Å²) in [6.07, 6.45) is 1.70. The number of hydrogen-bond acceptors (Lipinski definition) is 4. The molecule has 0 saturated carbocycles. The zero-order valence-electron chi connectivity index (χ0n) is 8.49. The van der Waals surface area contributed by atoms with E-state index in [2.05, 4.69) is 0 Å². The highest BCUT2D eigenvalue weighted by Gasteiger charge is 2.34. The fraction of sp³-hybridized carbons (Fsp3) is 0.778. The van der Waals surface area contributed by atoms with E-state index in [0.29, 0.717) is 19.0 Å². The molecule has 2 atom stereocenters. The summed E-state index contributed by atoms with van der Waals surface area (Å²) in [7, 11) is 1.36. The van der Waals surface area contributed by atoms with Crippen LogP contribution in [0.1, 0.15) is 27.2 Å². The molecule has 0 N–H and O–H groups in total. The van der Waals surface area contributed by atoms with Crippen LogP contribution in [0.5, 0.6) is 0 Å². The summed E-state index contributed by atoms with van der Waals surface area (Å²) in [5.41, 5.74) is -0.967. The highest BCUT2D eigenvalue weighted by Crippen LogP contribution is 2.20. The highest BCUT2D eigenvalue weighted by molar-refractivity contribution is 5.64. The average Bonchev–Trinajstić information content (AvgIpc) is 2.17. The van der Waals surface area contributed by atoms with E-state index in [4.69, 9.17) is 9.47 Å². The quantitative estimate of drug-likeness (QED) is 0.459. The SMILES string of the molecule is CCC(C)(C=O)OC(C)(C=O)OC. The van der Waals surface area contributed by atoms with Crippen LogP contribution < -0.4 is 0 Å². The molecular weight excluding hydrogens is 172 g/mol. The van der Waals surface area contributed by atoms with Crippen LogP contribution in [0.4, 0.5) is 0 Å². The Morgan fingerprint density at radius 2 is 1.77 bits per heavy atom. The molecule has 0 aliphatic rings. The van der Waals surface area contributed by atoms with Crippen molar-refractivity contribution in [2.75, 3.05) is 7.11 Å². The third-order valence-electron chi connectivity index (χ3n) is 2.01. The molecule has 0 aromatic carbocycles. The zero-order chi connectivity index (χ0) is 10.5. The van der Waals surface area contributed by atoms with Crippen molar-refractivity contribution in [2.24, 2.45) is 0 Å². The third-order valence-corrected chi connectivity index (χ3v) is 2.01. The molecule has 2 unspecified atom stereocenters. The van der Waals surface area contributed by atoms with Crippen molar-refractivity contribution in [1.29, 1.82) is 0 Å². The molecule has 0 spiro atoms. The average molecular weight is 188 g/mol. The first kappa shape index (κ1) is 12.3. The molecule has 0 radical (unpaired) electrons. The Hall–Kier alpha value is -0.740. The van der Waals surface area contributed by atoms with E-state index in [-0.39, 0.29) is 0 Å². The fourth-order valence-corrected chi connectivity index (χ4v) is 0.756. The largest absolute Gasteiger partial charge is 0.347 e. The van der Waals surface area contributed by atoms with Gasteiger partial charge in [0.25, 0.3) is 0 Å². The molecule has 0 fully saturated rings. The van der Waals surface area contributed by atoms with Crippen molar-refractivity contribution in [3.63, 3.8) is 0 Å². The molecule has 0 bridgehead atoms. The van der Waals surface area contributed by atoms with Gasteiger partial charge in [-0.25, -0.2) is 0 Å². The Kier molecular flexibility index (Phi) is 4.23. The van der Waals surface area contributed by atoms with Gasteiger partial charge < -0.3 is 14.3 Å². The van der Waals surface area contributed by atoms with Crippen LogP contribution in [-0.2, 0) is 19.1 Å². The normalized spacial score (nSPS) is 20.0. The molecule has 4 heteroatoms. The predicted octanol–water partition coefficient (Wildman–Crippen LogP) is 0.932. The van der Waals surface area contributed by atoms with E-state index in [1.807, 2.05) is 0 Å². The van der Waals surface area contributed by atoms with Gasteiger partial charge in [0.1, 0.15) is 5.60 Å². The lowest BCUT2D eigenvalue weighted by atomic mass is 10.1. The number of rotatable bonds is 6. The third kappa shape index (κ3) is 3.24. The molecule has 0 rings (SSSR count). The molecule has 0 aromatic rings. The molecular formula is C9H16O4. The Balaban J connectivity index is 4.54. The molecule has 76 valence electrons. The molecule has 0 amide bonds. The maximum absolute atomic E-state index is 10.7. The van der Waals surface area contributed by atoms with Gasteiger partial charge in [0.15, 0.2) is 12.6 Å². The van der Waals surface area contributed by atoms with Crippen molar-refractivity contribution in [2.45, 2.75) is 38.6 Å². The maximum Gasteiger partial charge on any atom is 0.223 e. The predicted molar refractivity (Wildman–Crippen MR) is 47.3 cm³/mol. The summed E-state index contributed by atoms with van der Waals surface area (Å²) in [4.78, 5) is 21.3. The first-order valence-corrected chi connectivity index (χ1v) is 4.13. The lowest BCUT2D eigenvalue weighted by molar-refractivity contribution is -0.237. The minimum atomic E-state index is -1.34. The standard InChI is InChI=1S/C9H16O4/c1-5-8(2,6-10)13-9(3,7-11)12-4/h6-7H,5H2,1-4H3. The van der Waals surface area contributed by atoms with E-state index in [1.165, 1.54) is 14.0 Å². The van der Waals surface area contributed by atoms with Crippen molar-refractivity contribution < 1.29 is 19.1 Å². The summed E-state index contributed by atoms with van der Waals surface area (Å²) < 4.78 is 10.1. The Morgan fingerprint density at radius 3 is 2.00 bits per heavy atom. The van der Waals surface area contributed by atoms with Gasteiger partial charge in [0, 0.05) is 7.11 Å². The smallest absolute Gasteiger partial charge is 0.223 e. The minimum Gasteiger partial charge on any atom is -0.347 e. The summed E-state index contributed by atoms with van der Waals surface area (Å²) in [5.74, 6) is -1.34. The van der Waals surface area contributed by atoms with E-state index in [1.54, 1.807) is 13.8 Å². The van der Waals surface area contributed by atoms with E-state index in [0.717, 1.165) is 0 Å². The van der Waals surface area contributed by atoms with Crippen LogP contribution >= 0.6 is 0 Å². The van der Waals surface area contributed by atoms with Gasteiger partial charge in [0.2, 0.25) is 5.79 Å². The summed E-state index contributed by atoms with van der Waals surface area (Å²) >= 11 is 0. The molecule has 13 heavy (non-hydrogen) atoms. The summed E-state index contributed by atoms with van der Waals surface area (Å²) in [6.45, 7) is 4.88. The number of ether oxygens (including phenoxy) is 2. The van der Waals surface area contributed by atoms with E-state index < -0.39 is 11.4 Å². The lowest BCUT2D eigenvalue weighted by Gasteiger charge is -2.31. The van der Waals surface area contributed by atoms with Crippen molar-refractivity contribution in [3.8, 4) is 0 Å². The summed E-state index contributed by atoms with van der Waals surface area (Å²) in [6, 6.07) is 0. The lowest BCUT2D eigenvalue weighted by Crippen LogP contribution is -2.44. The number of aldehydes is 2. The van der Waals surface area contributed by atoms with Gasteiger partial charge in [-0.15, -0.1) is 0 Å². The van der Waals surface area contributed by atoms with E-state index >= 15 is 0 Å². The second-order valence-corrected chi connectivity index (χ2v) is 3.22. The monoisotopic (exact) mass is 188 g/mol. The first-order valence-electron chi connectivity index (χ1n) is 4.13. The van der Waals surface area contributed by atoms with Gasteiger partial charge in [-0.1, -0.05) is 6.92 Å². The van der Waals surface area contributed by atoms with Crippen LogP contribution in [0.2, 0.25) is 0 Å². The minimum absolute atomic E-state index is 0.489. The van der Waals surface area contributed by atoms with Gasteiger partial charge in [-0.3, -0.25) is 4.79 Å². The Morgan fingerprint density at radius 1 is 1.23 bits per heavy atom. The Labute approximate surface area is 78.2 Å².